The van der Waals surface area contributed by atoms with Crippen LogP contribution in [0.15, 0.2) is 95.0 Å². The first-order valence-corrected chi connectivity index (χ1v) is 11.7. The maximum Gasteiger partial charge on any atom is 0.270 e. The van der Waals surface area contributed by atoms with Gasteiger partial charge in [-0.1, -0.05) is 36.4 Å². The van der Waals surface area contributed by atoms with Crippen LogP contribution in [0.4, 0.5) is 5.95 Å². The van der Waals surface area contributed by atoms with Crippen LogP contribution in [0.2, 0.25) is 0 Å². The van der Waals surface area contributed by atoms with Crippen LogP contribution in [0.5, 0.6) is 11.5 Å². The summed E-state index contributed by atoms with van der Waals surface area (Å²) in [7, 11) is 1.60. The van der Waals surface area contributed by atoms with E-state index in [1.165, 1.54) is 0 Å². The predicted molar refractivity (Wildman–Crippen MR) is 145 cm³/mol. The van der Waals surface area contributed by atoms with E-state index in [0.29, 0.717) is 17.1 Å². The molecule has 0 fully saturated rings. The Kier molecular flexibility index (Phi) is 7.04. The van der Waals surface area contributed by atoms with Gasteiger partial charge in [0.2, 0.25) is 5.95 Å². The average Bonchev–Trinajstić information content (AvgIpc) is 2.96. The Morgan fingerprint density at radius 3 is 2.76 bits per heavy atom. The molecule has 0 atom stereocenters. The van der Waals surface area contributed by atoms with Crippen LogP contribution in [0.25, 0.3) is 22.2 Å². The normalized spacial score (nSPS) is 10.8. The highest BCUT2D eigenvalue weighted by Crippen LogP contribution is 2.24. The van der Waals surface area contributed by atoms with Crippen LogP contribution in [-0.2, 0) is 6.61 Å². The number of nitrogens with zero attached hydrogens (tertiary/aromatic N) is 4. The molecule has 5 rings (SSSR count). The van der Waals surface area contributed by atoms with Gasteiger partial charge in [-0.25, -0.2) is 10.4 Å². The van der Waals surface area contributed by atoms with Gasteiger partial charge in [-0.15, -0.1) is 0 Å². The SMILES string of the molecule is COc1ccc(C=NNc2nc(-c3ccccc3)c(C#N)c(=O)[nH]2)cc1COc1ccc2cccnc2c1. The number of nitrogens with one attached hydrogen (secondary N) is 2. The van der Waals surface area contributed by atoms with Crippen LogP contribution < -0.4 is 20.5 Å². The van der Waals surface area contributed by atoms with Crippen LogP contribution >= 0.6 is 0 Å². The van der Waals surface area contributed by atoms with Crippen molar-refractivity contribution in [2.45, 2.75) is 6.61 Å². The molecule has 0 aliphatic carbocycles. The van der Waals surface area contributed by atoms with Crippen LogP contribution in [0, 0.1) is 11.3 Å². The van der Waals surface area contributed by atoms with Gasteiger partial charge in [0.15, 0.2) is 0 Å². The highest BCUT2D eigenvalue weighted by atomic mass is 16.5. The maximum atomic E-state index is 12.4. The largest absolute Gasteiger partial charge is 0.496 e. The molecule has 2 aromatic heterocycles. The summed E-state index contributed by atoms with van der Waals surface area (Å²) in [5, 5.41) is 14.7. The first-order valence-electron chi connectivity index (χ1n) is 11.7. The Bertz CT molecular complexity index is 1720. The zero-order chi connectivity index (χ0) is 26.3. The number of hydrogen-bond acceptors (Lipinski definition) is 8. The van der Waals surface area contributed by atoms with Crippen molar-refractivity contribution in [1.29, 1.82) is 5.26 Å². The van der Waals surface area contributed by atoms with E-state index < -0.39 is 5.56 Å². The number of anilines is 1. The summed E-state index contributed by atoms with van der Waals surface area (Å²) in [6.07, 6.45) is 3.33. The zero-order valence-electron chi connectivity index (χ0n) is 20.4. The number of pyridine rings is 1. The molecule has 2 N–H and O–H groups in total. The number of benzene rings is 3. The van der Waals surface area contributed by atoms with Gasteiger partial charge in [0.25, 0.3) is 5.56 Å². The third-order valence-corrected chi connectivity index (χ3v) is 5.74. The van der Waals surface area contributed by atoms with Gasteiger partial charge >= 0.3 is 0 Å². The molecule has 0 radical (unpaired) electrons. The van der Waals surface area contributed by atoms with E-state index in [-0.39, 0.29) is 23.8 Å². The molecule has 38 heavy (non-hydrogen) atoms. The third kappa shape index (κ3) is 5.34. The predicted octanol–water partition coefficient (Wildman–Crippen LogP) is 4.89. The van der Waals surface area contributed by atoms with Gasteiger partial charge in [-0.05, 0) is 42.0 Å². The number of methoxy groups -OCH3 is 1. The van der Waals surface area contributed by atoms with Crippen molar-refractivity contribution in [2.75, 3.05) is 12.5 Å². The fourth-order valence-corrected chi connectivity index (χ4v) is 3.89. The first-order chi connectivity index (χ1) is 18.6. The molecule has 0 unspecified atom stereocenters. The topological polar surface area (TPSA) is 125 Å². The monoisotopic (exact) mass is 502 g/mol. The van der Waals surface area contributed by atoms with E-state index in [4.69, 9.17) is 9.47 Å². The average molecular weight is 503 g/mol. The molecule has 0 spiro atoms. The highest BCUT2D eigenvalue weighted by molar-refractivity contribution is 5.81. The number of hydrogen-bond donors (Lipinski definition) is 2. The van der Waals surface area contributed by atoms with Gasteiger partial charge in [0, 0.05) is 28.8 Å². The molecule has 9 heteroatoms. The minimum Gasteiger partial charge on any atom is -0.496 e. The number of aromatic nitrogens is 3. The number of rotatable bonds is 8. The molecule has 0 bridgehead atoms. The minimum absolute atomic E-state index is 0.0623. The number of ether oxygens (including phenoxy) is 2. The second-order valence-electron chi connectivity index (χ2n) is 8.20. The molecule has 5 aromatic rings. The molecule has 0 aliphatic rings. The summed E-state index contributed by atoms with van der Waals surface area (Å²) < 4.78 is 11.5. The Morgan fingerprint density at radius 1 is 1.08 bits per heavy atom. The molecule has 2 heterocycles. The van der Waals surface area contributed by atoms with Crippen molar-refractivity contribution in [3.63, 3.8) is 0 Å². The maximum absolute atomic E-state index is 12.4. The molecular weight excluding hydrogens is 480 g/mol. The lowest BCUT2D eigenvalue weighted by molar-refractivity contribution is 0.297. The fraction of sp³-hybridized carbons (Fsp3) is 0.0690. The van der Waals surface area contributed by atoms with Crippen molar-refractivity contribution in [3.05, 3.63) is 112 Å². The van der Waals surface area contributed by atoms with E-state index in [1.807, 2.05) is 72.8 Å². The molecule has 0 aliphatic heterocycles. The second kappa shape index (κ2) is 11.1. The summed E-state index contributed by atoms with van der Waals surface area (Å²) >= 11 is 0. The number of hydrazone groups is 1. The molecular formula is C29H22N6O3. The number of nitriles is 1. The van der Waals surface area contributed by atoms with Crippen molar-refractivity contribution < 1.29 is 9.47 Å². The lowest BCUT2D eigenvalue weighted by Gasteiger charge is -2.11. The Labute approximate surface area is 218 Å². The highest BCUT2D eigenvalue weighted by Gasteiger charge is 2.13. The molecule has 0 saturated carbocycles. The van der Waals surface area contributed by atoms with E-state index in [9.17, 15) is 10.1 Å². The van der Waals surface area contributed by atoms with Gasteiger partial charge in [-0.2, -0.15) is 10.4 Å². The fourth-order valence-electron chi connectivity index (χ4n) is 3.89. The van der Waals surface area contributed by atoms with Crippen LogP contribution in [0.1, 0.15) is 16.7 Å². The molecule has 3 aromatic carbocycles. The summed E-state index contributed by atoms with van der Waals surface area (Å²) in [4.78, 5) is 23.7. The van der Waals surface area contributed by atoms with Crippen LogP contribution in [0.3, 0.4) is 0 Å². The van der Waals surface area contributed by atoms with Gasteiger partial charge in [0.05, 0.1) is 24.5 Å². The van der Waals surface area contributed by atoms with E-state index in [2.05, 4.69) is 25.5 Å². The van der Waals surface area contributed by atoms with E-state index in [1.54, 1.807) is 31.7 Å². The van der Waals surface area contributed by atoms with Gasteiger partial charge < -0.3 is 9.47 Å². The lowest BCUT2D eigenvalue weighted by Crippen LogP contribution is -2.16. The Morgan fingerprint density at radius 2 is 1.95 bits per heavy atom. The van der Waals surface area contributed by atoms with Crippen molar-refractivity contribution in [2.24, 2.45) is 5.10 Å². The number of H-pyrrole nitrogens is 1. The van der Waals surface area contributed by atoms with Crippen molar-refractivity contribution >= 4 is 23.1 Å². The summed E-state index contributed by atoms with van der Waals surface area (Å²) in [5.74, 6) is 1.50. The number of fused-ring (bicyclic) bond motifs is 1. The summed E-state index contributed by atoms with van der Waals surface area (Å²) in [6.45, 7) is 0.279. The molecule has 9 nitrogen and oxygen atoms in total. The van der Waals surface area contributed by atoms with E-state index in [0.717, 1.165) is 22.0 Å². The molecule has 0 saturated heterocycles. The van der Waals surface area contributed by atoms with Crippen LogP contribution in [-0.4, -0.2) is 28.3 Å². The van der Waals surface area contributed by atoms with Gasteiger partial charge in [-0.3, -0.25) is 14.8 Å². The molecule has 186 valence electrons. The summed E-state index contributed by atoms with van der Waals surface area (Å²) in [5.41, 5.74) is 5.52. The van der Waals surface area contributed by atoms with Crippen molar-refractivity contribution in [1.82, 2.24) is 15.0 Å². The number of aromatic amines is 1. The van der Waals surface area contributed by atoms with Crippen molar-refractivity contribution in [3.8, 4) is 28.8 Å². The van der Waals surface area contributed by atoms with E-state index >= 15 is 0 Å². The second-order valence-corrected chi connectivity index (χ2v) is 8.20. The third-order valence-electron chi connectivity index (χ3n) is 5.74. The minimum atomic E-state index is -0.549. The standard InChI is InChI=1S/C29H22N6O3/c1-37-26-12-9-19(14-22(26)18-38-23-11-10-20-8-5-13-31-25(20)15-23)17-32-35-29-33-27(21-6-3-2-4-7-21)24(16-30)28(36)34-29/h2-15,17H,18H2,1H3,(H2,33,34,35,36). The smallest absolute Gasteiger partial charge is 0.270 e. The first kappa shape index (κ1) is 24.2. The zero-order valence-corrected chi connectivity index (χ0v) is 20.4. The Hall–Kier alpha value is -5.49. The Balaban J connectivity index is 1.33. The lowest BCUT2D eigenvalue weighted by atomic mass is 10.1. The van der Waals surface area contributed by atoms with Gasteiger partial charge in [0.1, 0.15) is 29.7 Å². The molecule has 0 amide bonds. The summed E-state index contributed by atoms with van der Waals surface area (Å²) in [6, 6.07) is 26.2. The quantitative estimate of drug-likeness (QED) is 0.229.